The van der Waals surface area contributed by atoms with Crippen molar-refractivity contribution in [1.29, 1.82) is 0 Å². The molecule has 0 fully saturated rings. The lowest BCUT2D eigenvalue weighted by molar-refractivity contribution is 0.732. The monoisotopic (exact) mass is 354 g/mol. The van der Waals surface area contributed by atoms with Gasteiger partial charge in [0, 0.05) is 12.1 Å². The summed E-state index contributed by atoms with van der Waals surface area (Å²) >= 11 is 0. The Balaban J connectivity index is 1.76. The molecule has 0 bridgehead atoms. The number of hydrogen-bond donors (Lipinski definition) is 0. The lowest BCUT2D eigenvalue weighted by Gasteiger charge is -2.12. The Labute approximate surface area is 161 Å². The van der Waals surface area contributed by atoms with Gasteiger partial charge < -0.3 is 4.57 Å². The minimum atomic E-state index is 0.608. The quantitative estimate of drug-likeness (QED) is 0.396. The molecule has 136 valence electrons. The molecule has 0 aliphatic rings. The summed E-state index contributed by atoms with van der Waals surface area (Å²) in [4.78, 5) is 4.93. The van der Waals surface area contributed by atoms with Crippen LogP contribution >= 0.6 is 0 Å². The van der Waals surface area contributed by atoms with Gasteiger partial charge in [0.1, 0.15) is 5.82 Å². The largest absolute Gasteiger partial charge is 0.319 e. The third kappa shape index (κ3) is 3.52. The second kappa shape index (κ2) is 7.40. The Bertz CT molecular complexity index is 1040. The van der Waals surface area contributed by atoms with Gasteiger partial charge in [0.15, 0.2) is 0 Å². The minimum absolute atomic E-state index is 0.608. The molecule has 0 spiro atoms. The first-order chi connectivity index (χ1) is 13.2. The van der Waals surface area contributed by atoms with Crippen molar-refractivity contribution in [3.63, 3.8) is 0 Å². The van der Waals surface area contributed by atoms with Crippen LogP contribution in [0.3, 0.4) is 0 Å². The summed E-state index contributed by atoms with van der Waals surface area (Å²) in [6.07, 6.45) is 1.17. The van der Waals surface area contributed by atoms with Crippen LogP contribution in [0.25, 0.3) is 22.4 Å². The molecular weight excluding hydrogens is 328 g/mol. The Kier molecular flexibility index (Phi) is 4.81. The van der Waals surface area contributed by atoms with E-state index in [4.69, 9.17) is 4.98 Å². The van der Waals surface area contributed by atoms with Crippen molar-refractivity contribution in [2.75, 3.05) is 0 Å². The van der Waals surface area contributed by atoms with Gasteiger partial charge in [0.2, 0.25) is 0 Å². The van der Waals surface area contributed by atoms with Crippen molar-refractivity contribution in [2.45, 2.75) is 39.7 Å². The molecule has 0 aliphatic heterocycles. The predicted octanol–water partition coefficient (Wildman–Crippen LogP) is 6.57. The van der Waals surface area contributed by atoms with Crippen LogP contribution in [-0.4, -0.2) is 9.55 Å². The van der Waals surface area contributed by atoms with E-state index in [2.05, 4.69) is 98.1 Å². The molecule has 1 heterocycles. The fraction of sp³-hybridized carbons (Fsp3) is 0.240. The van der Waals surface area contributed by atoms with Gasteiger partial charge in [-0.2, -0.15) is 0 Å². The first kappa shape index (κ1) is 17.5. The summed E-state index contributed by atoms with van der Waals surface area (Å²) < 4.78 is 2.33. The summed E-state index contributed by atoms with van der Waals surface area (Å²) in [6.45, 7) is 7.47. The summed E-state index contributed by atoms with van der Waals surface area (Å²) in [5.74, 6) is 1.64. The van der Waals surface area contributed by atoms with Crippen molar-refractivity contribution >= 4 is 11.0 Å². The highest BCUT2D eigenvalue weighted by Crippen LogP contribution is 2.27. The Morgan fingerprint density at radius 3 is 2.30 bits per heavy atom. The Morgan fingerprint density at radius 2 is 1.59 bits per heavy atom. The molecule has 0 amide bonds. The number of rotatable bonds is 5. The van der Waals surface area contributed by atoms with E-state index >= 15 is 0 Å². The summed E-state index contributed by atoms with van der Waals surface area (Å²) in [6, 6.07) is 26.1. The van der Waals surface area contributed by atoms with E-state index in [9.17, 15) is 0 Å². The molecular formula is C25H26N2. The molecule has 4 aromatic rings. The number of fused-ring (bicyclic) bond motifs is 1. The Morgan fingerprint density at radius 1 is 0.889 bits per heavy atom. The average Bonchev–Trinajstić information content (AvgIpc) is 3.07. The van der Waals surface area contributed by atoms with Crippen LogP contribution in [0.5, 0.6) is 0 Å². The van der Waals surface area contributed by atoms with Gasteiger partial charge in [0.05, 0.1) is 11.0 Å². The zero-order chi connectivity index (χ0) is 18.8. The first-order valence-electron chi connectivity index (χ1n) is 9.77. The number of imidazole rings is 1. The number of aryl methyl sites for hydroxylation is 1. The summed E-state index contributed by atoms with van der Waals surface area (Å²) in [5.41, 5.74) is 7.37. The first-order valence-corrected chi connectivity index (χ1v) is 9.77. The molecule has 4 rings (SSSR count). The standard InChI is InChI=1S/C25H26N2/c1-4-19(3)21-15-11-20(12-16-21)17-27-24-8-6-5-7-23(24)26-25(27)22-13-9-18(2)10-14-22/h5-16,19H,4,17H2,1-3H3. The van der Waals surface area contributed by atoms with Crippen LogP contribution in [0, 0.1) is 6.92 Å². The Hall–Kier alpha value is -2.87. The van der Waals surface area contributed by atoms with E-state index in [-0.39, 0.29) is 0 Å². The van der Waals surface area contributed by atoms with E-state index < -0.39 is 0 Å². The minimum Gasteiger partial charge on any atom is -0.319 e. The highest BCUT2D eigenvalue weighted by molar-refractivity contribution is 5.80. The fourth-order valence-corrected chi connectivity index (χ4v) is 3.53. The number of aromatic nitrogens is 2. The van der Waals surface area contributed by atoms with Gasteiger partial charge in [-0.25, -0.2) is 4.98 Å². The molecule has 0 radical (unpaired) electrons. The summed E-state index contributed by atoms with van der Waals surface area (Å²) in [7, 11) is 0. The second-order valence-electron chi connectivity index (χ2n) is 7.43. The van der Waals surface area contributed by atoms with Gasteiger partial charge in [0.25, 0.3) is 0 Å². The summed E-state index contributed by atoms with van der Waals surface area (Å²) in [5, 5.41) is 0. The van der Waals surface area contributed by atoms with Crippen LogP contribution in [0.15, 0.2) is 72.8 Å². The second-order valence-corrected chi connectivity index (χ2v) is 7.43. The van der Waals surface area contributed by atoms with E-state index in [1.54, 1.807) is 0 Å². The van der Waals surface area contributed by atoms with Crippen LogP contribution in [0.4, 0.5) is 0 Å². The van der Waals surface area contributed by atoms with Gasteiger partial charge in [-0.05, 0) is 42.5 Å². The molecule has 1 unspecified atom stereocenters. The maximum Gasteiger partial charge on any atom is 0.141 e. The van der Waals surface area contributed by atoms with Crippen molar-refractivity contribution in [1.82, 2.24) is 9.55 Å². The van der Waals surface area contributed by atoms with E-state index in [0.717, 1.165) is 23.4 Å². The van der Waals surface area contributed by atoms with Crippen molar-refractivity contribution in [3.05, 3.63) is 89.5 Å². The molecule has 0 saturated carbocycles. The predicted molar refractivity (Wildman–Crippen MR) is 114 cm³/mol. The highest BCUT2D eigenvalue weighted by atomic mass is 15.1. The lowest BCUT2D eigenvalue weighted by Crippen LogP contribution is -2.03. The molecule has 0 N–H and O–H groups in total. The van der Waals surface area contributed by atoms with Crippen LogP contribution in [-0.2, 0) is 6.54 Å². The third-order valence-electron chi connectivity index (χ3n) is 5.47. The van der Waals surface area contributed by atoms with E-state index in [1.807, 2.05) is 0 Å². The van der Waals surface area contributed by atoms with Crippen molar-refractivity contribution in [3.8, 4) is 11.4 Å². The van der Waals surface area contributed by atoms with Gasteiger partial charge in [-0.15, -0.1) is 0 Å². The smallest absolute Gasteiger partial charge is 0.141 e. The highest BCUT2D eigenvalue weighted by Gasteiger charge is 2.13. The van der Waals surface area contributed by atoms with Crippen LogP contribution in [0.2, 0.25) is 0 Å². The topological polar surface area (TPSA) is 17.8 Å². The number of benzene rings is 3. The SMILES string of the molecule is CCC(C)c1ccc(Cn2c(-c3ccc(C)cc3)nc3ccccc32)cc1. The zero-order valence-corrected chi connectivity index (χ0v) is 16.3. The normalized spacial score (nSPS) is 12.4. The molecule has 0 saturated heterocycles. The average molecular weight is 354 g/mol. The van der Waals surface area contributed by atoms with Crippen molar-refractivity contribution in [2.24, 2.45) is 0 Å². The lowest BCUT2D eigenvalue weighted by atomic mass is 9.97. The maximum atomic E-state index is 4.93. The van der Waals surface area contributed by atoms with Crippen molar-refractivity contribution < 1.29 is 0 Å². The number of nitrogens with zero attached hydrogens (tertiary/aromatic N) is 2. The van der Waals surface area contributed by atoms with E-state index in [0.29, 0.717) is 5.92 Å². The molecule has 1 aromatic heterocycles. The molecule has 0 aliphatic carbocycles. The maximum absolute atomic E-state index is 4.93. The molecule has 3 aromatic carbocycles. The van der Waals surface area contributed by atoms with Crippen LogP contribution in [0.1, 0.15) is 42.9 Å². The molecule has 2 heteroatoms. The number of para-hydroxylation sites is 2. The van der Waals surface area contributed by atoms with Crippen LogP contribution < -0.4 is 0 Å². The third-order valence-corrected chi connectivity index (χ3v) is 5.47. The zero-order valence-electron chi connectivity index (χ0n) is 16.3. The van der Waals surface area contributed by atoms with Gasteiger partial charge in [-0.3, -0.25) is 0 Å². The molecule has 2 nitrogen and oxygen atoms in total. The number of hydrogen-bond acceptors (Lipinski definition) is 1. The van der Waals surface area contributed by atoms with Gasteiger partial charge >= 0.3 is 0 Å². The fourth-order valence-electron chi connectivity index (χ4n) is 3.53. The molecule has 1 atom stereocenters. The van der Waals surface area contributed by atoms with E-state index in [1.165, 1.54) is 28.6 Å². The van der Waals surface area contributed by atoms with Gasteiger partial charge in [-0.1, -0.05) is 80.1 Å². The molecule has 27 heavy (non-hydrogen) atoms.